The van der Waals surface area contributed by atoms with Crippen LogP contribution in [0.25, 0.3) is 0 Å². The van der Waals surface area contributed by atoms with E-state index < -0.39 is 22.0 Å². The van der Waals surface area contributed by atoms with Gasteiger partial charge in [0.15, 0.2) is 0 Å². The maximum atomic E-state index is 11.7. The van der Waals surface area contributed by atoms with Gasteiger partial charge >= 0.3 is 5.97 Å². The maximum absolute atomic E-state index is 11.7. The summed E-state index contributed by atoms with van der Waals surface area (Å²) in [5.74, 6) is -1.20. The van der Waals surface area contributed by atoms with E-state index in [1.54, 1.807) is 24.3 Å². The van der Waals surface area contributed by atoms with Gasteiger partial charge in [0.2, 0.25) is 10.0 Å². The highest BCUT2D eigenvalue weighted by atomic mass is 32.2. The quantitative estimate of drug-likeness (QED) is 0.756. The van der Waals surface area contributed by atoms with Gasteiger partial charge in [0, 0.05) is 0 Å². The van der Waals surface area contributed by atoms with Crippen LogP contribution < -0.4 is 4.72 Å². The zero-order valence-corrected chi connectivity index (χ0v) is 11.7. The highest BCUT2D eigenvalue weighted by molar-refractivity contribution is 7.89. The molecule has 0 spiro atoms. The Hall–Kier alpha value is -1.40. The van der Waals surface area contributed by atoms with Crippen LogP contribution in [0.5, 0.6) is 0 Å². The second-order valence-corrected chi connectivity index (χ2v) is 6.24. The number of nitrogens with one attached hydrogen (secondary N) is 1. The van der Waals surface area contributed by atoms with Gasteiger partial charge < -0.3 is 5.11 Å². The Labute approximate surface area is 113 Å². The maximum Gasteiger partial charge on any atom is 0.322 e. The first-order valence-electron chi connectivity index (χ1n) is 6.21. The molecule has 1 aromatic carbocycles. The first kappa shape index (κ1) is 15.7. The lowest BCUT2D eigenvalue weighted by atomic mass is 10.1. The van der Waals surface area contributed by atoms with E-state index >= 15 is 0 Å². The summed E-state index contributed by atoms with van der Waals surface area (Å²) in [5.41, 5.74) is 0.785. The standard InChI is InChI=1S/C13H19NO4S/c1-2-3-9-19(17,18)14-12(13(15)16)10-11-7-5-4-6-8-11/h4-8,12,14H,2-3,9-10H2,1H3,(H,15,16)/t12-/m1/s1. The van der Waals surface area contributed by atoms with Crippen molar-refractivity contribution >= 4 is 16.0 Å². The van der Waals surface area contributed by atoms with Crippen LogP contribution >= 0.6 is 0 Å². The van der Waals surface area contributed by atoms with Crippen LogP contribution in [0.3, 0.4) is 0 Å². The van der Waals surface area contributed by atoms with Gasteiger partial charge in [-0.15, -0.1) is 0 Å². The van der Waals surface area contributed by atoms with Crippen molar-refractivity contribution in [2.24, 2.45) is 0 Å². The number of hydrogen-bond acceptors (Lipinski definition) is 3. The van der Waals surface area contributed by atoms with Crippen LogP contribution in [0.1, 0.15) is 25.3 Å². The average molecular weight is 285 g/mol. The molecule has 1 aromatic rings. The molecule has 0 unspecified atom stereocenters. The van der Waals surface area contributed by atoms with Gasteiger partial charge in [-0.05, 0) is 18.4 Å². The minimum atomic E-state index is -3.54. The Balaban J connectivity index is 2.71. The third-order valence-electron chi connectivity index (χ3n) is 2.67. The Morgan fingerprint density at radius 1 is 1.32 bits per heavy atom. The number of rotatable bonds is 8. The van der Waals surface area contributed by atoms with Crippen molar-refractivity contribution in [3.63, 3.8) is 0 Å². The van der Waals surface area contributed by atoms with Crippen molar-refractivity contribution in [2.45, 2.75) is 32.2 Å². The van der Waals surface area contributed by atoms with Gasteiger partial charge in [-0.25, -0.2) is 13.1 Å². The van der Waals surface area contributed by atoms with E-state index in [0.717, 1.165) is 12.0 Å². The Morgan fingerprint density at radius 3 is 2.47 bits per heavy atom. The molecule has 5 nitrogen and oxygen atoms in total. The normalized spacial score (nSPS) is 13.1. The van der Waals surface area contributed by atoms with Gasteiger partial charge in [0.25, 0.3) is 0 Å². The molecular formula is C13H19NO4S. The lowest BCUT2D eigenvalue weighted by Gasteiger charge is -2.14. The molecular weight excluding hydrogens is 266 g/mol. The van der Waals surface area contributed by atoms with Crippen LogP contribution in [0.4, 0.5) is 0 Å². The molecule has 6 heteroatoms. The predicted molar refractivity (Wildman–Crippen MR) is 73.4 cm³/mol. The molecule has 0 radical (unpaired) electrons. The smallest absolute Gasteiger partial charge is 0.322 e. The fraction of sp³-hybridized carbons (Fsp3) is 0.462. The van der Waals surface area contributed by atoms with Crippen molar-refractivity contribution in [3.05, 3.63) is 35.9 Å². The summed E-state index contributed by atoms with van der Waals surface area (Å²) < 4.78 is 25.7. The third kappa shape index (κ3) is 5.85. The first-order valence-corrected chi connectivity index (χ1v) is 7.86. The van der Waals surface area contributed by atoms with E-state index in [9.17, 15) is 13.2 Å². The Morgan fingerprint density at radius 2 is 1.95 bits per heavy atom. The molecule has 0 aliphatic rings. The second kappa shape index (κ2) is 7.25. The highest BCUT2D eigenvalue weighted by Gasteiger charge is 2.23. The number of carbonyl (C=O) groups is 1. The summed E-state index contributed by atoms with van der Waals surface area (Å²) in [5, 5.41) is 9.10. The van der Waals surface area contributed by atoms with E-state index in [1.807, 2.05) is 13.0 Å². The van der Waals surface area contributed by atoms with Crippen LogP contribution in [0.2, 0.25) is 0 Å². The zero-order valence-electron chi connectivity index (χ0n) is 10.9. The number of carboxylic acids is 1. The molecule has 0 aliphatic heterocycles. The molecule has 0 saturated heterocycles. The summed E-state index contributed by atoms with van der Waals surface area (Å²) in [6.45, 7) is 1.88. The SMILES string of the molecule is CCCCS(=O)(=O)N[C@H](Cc1ccccc1)C(=O)O. The molecule has 0 fully saturated rings. The predicted octanol–water partition coefficient (Wildman–Crippen LogP) is 1.40. The van der Waals surface area contributed by atoms with Crippen LogP contribution in [0, 0.1) is 0 Å². The molecule has 106 valence electrons. The van der Waals surface area contributed by atoms with Gasteiger partial charge in [-0.1, -0.05) is 43.7 Å². The molecule has 1 atom stereocenters. The van der Waals surface area contributed by atoms with Crippen molar-refractivity contribution < 1.29 is 18.3 Å². The Bertz CT molecular complexity index is 499. The molecule has 0 bridgehead atoms. The minimum Gasteiger partial charge on any atom is -0.480 e. The minimum absolute atomic E-state index is 0.0396. The second-order valence-electron chi connectivity index (χ2n) is 4.37. The summed E-state index contributed by atoms with van der Waals surface area (Å²) in [7, 11) is -3.54. The summed E-state index contributed by atoms with van der Waals surface area (Å²) in [6, 6.07) is 7.83. The monoisotopic (exact) mass is 285 g/mol. The van der Waals surface area contributed by atoms with Gasteiger partial charge in [0.1, 0.15) is 6.04 Å². The highest BCUT2D eigenvalue weighted by Crippen LogP contribution is 2.05. The molecule has 1 rings (SSSR count). The average Bonchev–Trinajstić information content (AvgIpc) is 2.36. The van der Waals surface area contributed by atoms with E-state index in [1.165, 1.54) is 0 Å². The fourth-order valence-corrected chi connectivity index (χ4v) is 3.04. The number of hydrogen-bond donors (Lipinski definition) is 2. The van der Waals surface area contributed by atoms with Crippen molar-refractivity contribution in [2.75, 3.05) is 5.75 Å². The number of aliphatic carboxylic acids is 1. The fourth-order valence-electron chi connectivity index (χ4n) is 1.64. The zero-order chi connectivity index (χ0) is 14.3. The van der Waals surface area contributed by atoms with E-state index in [0.29, 0.717) is 6.42 Å². The van der Waals surface area contributed by atoms with Gasteiger partial charge in [0.05, 0.1) is 5.75 Å². The molecule has 0 amide bonds. The van der Waals surface area contributed by atoms with Gasteiger partial charge in [-0.2, -0.15) is 0 Å². The summed E-state index contributed by atoms with van der Waals surface area (Å²) in [4.78, 5) is 11.1. The summed E-state index contributed by atoms with van der Waals surface area (Å²) >= 11 is 0. The van der Waals surface area contributed by atoms with Crippen LogP contribution in [-0.2, 0) is 21.2 Å². The molecule has 0 aromatic heterocycles. The van der Waals surface area contributed by atoms with Crippen molar-refractivity contribution in [1.29, 1.82) is 0 Å². The molecule has 2 N–H and O–H groups in total. The van der Waals surface area contributed by atoms with E-state index in [2.05, 4.69) is 4.72 Å². The summed E-state index contributed by atoms with van der Waals surface area (Å²) in [6.07, 6.45) is 1.41. The largest absolute Gasteiger partial charge is 0.480 e. The molecule has 19 heavy (non-hydrogen) atoms. The topological polar surface area (TPSA) is 83.5 Å². The Kier molecular flexibility index (Phi) is 5.98. The van der Waals surface area contributed by atoms with E-state index in [-0.39, 0.29) is 12.2 Å². The lowest BCUT2D eigenvalue weighted by Crippen LogP contribution is -2.43. The molecule has 0 heterocycles. The lowest BCUT2D eigenvalue weighted by molar-refractivity contribution is -0.138. The van der Waals surface area contributed by atoms with E-state index in [4.69, 9.17) is 5.11 Å². The number of carboxylic acid groups (broad SMARTS) is 1. The third-order valence-corrected chi connectivity index (χ3v) is 4.14. The first-order chi connectivity index (χ1) is 8.94. The number of benzene rings is 1. The van der Waals surface area contributed by atoms with Crippen LogP contribution in [0.15, 0.2) is 30.3 Å². The van der Waals surface area contributed by atoms with Crippen molar-refractivity contribution in [3.8, 4) is 0 Å². The van der Waals surface area contributed by atoms with Gasteiger partial charge in [-0.3, -0.25) is 4.79 Å². The number of sulfonamides is 1. The molecule has 0 saturated carbocycles. The molecule has 0 aliphatic carbocycles. The number of unbranched alkanes of at least 4 members (excludes halogenated alkanes) is 1. The van der Waals surface area contributed by atoms with Crippen LogP contribution in [-0.4, -0.2) is 31.3 Å². The van der Waals surface area contributed by atoms with Crippen molar-refractivity contribution in [1.82, 2.24) is 4.72 Å².